The Hall–Kier alpha value is -3.12. The number of ether oxygens (including phenoxy) is 2. The fraction of sp³-hybridized carbons (Fsp3) is 0.182. The Morgan fingerprint density at radius 2 is 1.75 bits per heavy atom. The van der Waals surface area contributed by atoms with Crippen molar-refractivity contribution in [3.8, 4) is 16.9 Å². The number of rotatable bonds is 7. The number of carbonyl (C=O) groups excluding carboxylic acids is 2. The SMILES string of the molecule is CCOC(=O)c1c(-c2ccccc2)csc1NC(=O)Cc1ccc(OC)cc1. The first-order chi connectivity index (χ1) is 13.6. The van der Waals surface area contributed by atoms with Gasteiger partial charge in [-0.1, -0.05) is 42.5 Å². The molecule has 1 N–H and O–H groups in total. The van der Waals surface area contributed by atoms with Gasteiger partial charge in [-0.3, -0.25) is 4.79 Å². The summed E-state index contributed by atoms with van der Waals surface area (Å²) in [7, 11) is 1.60. The molecular formula is C22H21NO4S. The summed E-state index contributed by atoms with van der Waals surface area (Å²) in [6.45, 7) is 2.02. The summed E-state index contributed by atoms with van der Waals surface area (Å²) in [4.78, 5) is 25.1. The first kappa shape index (κ1) is 19.6. The van der Waals surface area contributed by atoms with Crippen LogP contribution in [0.4, 0.5) is 5.00 Å². The number of carbonyl (C=O) groups is 2. The first-order valence-corrected chi connectivity index (χ1v) is 9.77. The van der Waals surface area contributed by atoms with Crippen molar-refractivity contribution in [2.75, 3.05) is 19.0 Å². The van der Waals surface area contributed by atoms with Crippen molar-refractivity contribution in [2.45, 2.75) is 13.3 Å². The predicted molar refractivity (Wildman–Crippen MR) is 111 cm³/mol. The van der Waals surface area contributed by atoms with Gasteiger partial charge in [0.15, 0.2) is 0 Å². The molecule has 0 spiro atoms. The van der Waals surface area contributed by atoms with Crippen LogP contribution in [0.1, 0.15) is 22.8 Å². The molecule has 144 valence electrons. The molecule has 6 heteroatoms. The van der Waals surface area contributed by atoms with Crippen molar-refractivity contribution in [2.24, 2.45) is 0 Å². The second kappa shape index (κ2) is 9.19. The van der Waals surface area contributed by atoms with Gasteiger partial charge in [0.2, 0.25) is 5.91 Å². The zero-order valence-corrected chi connectivity index (χ0v) is 16.5. The molecule has 0 aliphatic heterocycles. The molecule has 0 bridgehead atoms. The van der Waals surface area contributed by atoms with Crippen molar-refractivity contribution >= 4 is 28.2 Å². The molecule has 5 nitrogen and oxygen atoms in total. The average molecular weight is 395 g/mol. The minimum atomic E-state index is -0.442. The third-order valence-electron chi connectivity index (χ3n) is 4.13. The van der Waals surface area contributed by atoms with Crippen LogP contribution in [0.15, 0.2) is 60.0 Å². The lowest BCUT2D eigenvalue weighted by molar-refractivity contribution is -0.115. The van der Waals surface area contributed by atoms with Gasteiger partial charge in [0.25, 0.3) is 0 Å². The molecule has 0 aliphatic carbocycles. The number of benzene rings is 2. The van der Waals surface area contributed by atoms with Crippen LogP contribution in [0, 0.1) is 0 Å². The van der Waals surface area contributed by atoms with Gasteiger partial charge in [-0.05, 0) is 30.2 Å². The number of esters is 1. The number of amides is 1. The summed E-state index contributed by atoms with van der Waals surface area (Å²) in [6, 6.07) is 16.9. The summed E-state index contributed by atoms with van der Waals surface area (Å²) >= 11 is 1.32. The number of nitrogens with one attached hydrogen (secondary N) is 1. The van der Waals surface area contributed by atoms with E-state index in [2.05, 4.69) is 5.32 Å². The normalized spacial score (nSPS) is 10.4. The van der Waals surface area contributed by atoms with E-state index in [0.717, 1.165) is 22.4 Å². The van der Waals surface area contributed by atoms with Crippen LogP contribution in [-0.2, 0) is 16.0 Å². The number of hydrogen-bond donors (Lipinski definition) is 1. The monoisotopic (exact) mass is 395 g/mol. The summed E-state index contributed by atoms with van der Waals surface area (Å²) in [6.07, 6.45) is 0.199. The van der Waals surface area contributed by atoms with E-state index in [1.807, 2.05) is 60.0 Å². The van der Waals surface area contributed by atoms with Gasteiger partial charge >= 0.3 is 5.97 Å². The van der Waals surface area contributed by atoms with Crippen LogP contribution >= 0.6 is 11.3 Å². The zero-order chi connectivity index (χ0) is 19.9. The molecule has 3 rings (SSSR count). The summed E-state index contributed by atoms with van der Waals surface area (Å²) in [5, 5.41) is 5.23. The minimum absolute atomic E-state index is 0.197. The number of anilines is 1. The Bertz CT molecular complexity index is 948. The van der Waals surface area contributed by atoms with Crippen molar-refractivity contribution in [3.05, 3.63) is 71.1 Å². The summed E-state index contributed by atoms with van der Waals surface area (Å²) in [5.74, 6) is 0.0963. The Morgan fingerprint density at radius 3 is 2.39 bits per heavy atom. The molecule has 0 atom stereocenters. The standard InChI is InChI=1S/C22H21NO4S/c1-3-27-22(25)20-18(16-7-5-4-6-8-16)14-28-21(20)23-19(24)13-15-9-11-17(26-2)12-10-15/h4-12,14H,3,13H2,1-2H3,(H,23,24). The van der Waals surface area contributed by atoms with Gasteiger partial charge in [-0.25, -0.2) is 4.79 Å². The highest BCUT2D eigenvalue weighted by Gasteiger charge is 2.22. The molecule has 2 aromatic carbocycles. The van der Waals surface area contributed by atoms with Gasteiger partial charge in [0.1, 0.15) is 16.3 Å². The van der Waals surface area contributed by atoms with E-state index in [1.165, 1.54) is 11.3 Å². The predicted octanol–water partition coefficient (Wildman–Crippen LogP) is 4.78. The molecule has 1 amide bonds. The summed E-state index contributed by atoms with van der Waals surface area (Å²) in [5.41, 5.74) is 2.90. The largest absolute Gasteiger partial charge is 0.497 e. The molecule has 1 aromatic heterocycles. The van der Waals surface area contributed by atoms with Gasteiger partial charge in [0.05, 0.1) is 20.1 Å². The molecule has 28 heavy (non-hydrogen) atoms. The Labute approximate surface area is 167 Å². The van der Waals surface area contributed by atoms with E-state index >= 15 is 0 Å². The van der Waals surface area contributed by atoms with E-state index in [0.29, 0.717) is 10.6 Å². The van der Waals surface area contributed by atoms with Crippen molar-refractivity contribution < 1.29 is 19.1 Å². The Kier molecular flexibility index (Phi) is 6.45. The maximum absolute atomic E-state index is 12.6. The average Bonchev–Trinajstić information content (AvgIpc) is 3.13. The third kappa shape index (κ3) is 4.58. The maximum atomic E-state index is 12.6. The highest BCUT2D eigenvalue weighted by Crippen LogP contribution is 2.36. The molecule has 0 unspecified atom stereocenters. The maximum Gasteiger partial charge on any atom is 0.341 e. The fourth-order valence-electron chi connectivity index (χ4n) is 2.79. The summed E-state index contributed by atoms with van der Waals surface area (Å²) < 4.78 is 10.3. The molecule has 0 radical (unpaired) electrons. The van der Waals surface area contributed by atoms with Crippen LogP contribution in [0.2, 0.25) is 0 Å². The van der Waals surface area contributed by atoms with E-state index in [9.17, 15) is 9.59 Å². The zero-order valence-electron chi connectivity index (χ0n) is 15.7. The molecule has 3 aromatic rings. The highest BCUT2D eigenvalue weighted by atomic mass is 32.1. The van der Waals surface area contributed by atoms with Crippen LogP contribution < -0.4 is 10.1 Å². The molecule has 0 saturated heterocycles. The lowest BCUT2D eigenvalue weighted by Crippen LogP contribution is -2.16. The van der Waals surface area contributed by atoms with Crippen molar-refractivity contribution in [3.63, 3.8) is 0 Å². The van der Waals surface area contributed by atoms with E-state index in [-0.39, 0.29) is 18.9 Å². The van der Waals surface area contributed by atoms with E-state index in [4.69, 9.17) is 9.47 Å². The first-order valence-electron chi connectivity index (χ1n) is 8.89. The quantitative estimate of drug-likeness (QED) is 0.585. The fourth-order valence-corrected chi connectivity index (χ4v) is 3.76. The van der Waals surface area contributed by atoms with Crippen LogP contribution in [0.3, 0.4) is 0 Å². The third-order valence-corrected chi connectivity index (χ3v) is 5.03. The number of hydrogen-bond acceptors (Lipinski definition) is 5. The van der Waals surface area contributed by atoms with Gasteiger partial charge in [-0.15, -0.1) is 11.3 Å². The molecule has 0 fully saturated rings. The van der Waals surface area contributed by atoms with E-state index < -0.39 is 5.97 Å². The van der Waals surface area contributed by atoms with Crippen molar-refractivity contribution in [1.82, 2.24) is 0 Å². The second-order valence-electron chi connectivity index (χ2n) is 6.01. The highest BCUT2D eigenvalue weighted by molar-refractivity contribution is 7.15. The van der Waals surface area contributed by atoms with Gasteiger partial charge < -0.3 is 14.8 Å². The van der Waals surface area contributed by atoms with Gasteiger partial charge in [-0.2, -0.15) is 0 Å². The lowest BCUT2D eigenvalue weighted by atomic mass is 10.0. The molecule has 1 heterocycles. The smallest absolute Gasteiger partial charge is 0.341 e. The molecule has 0 aliphatic rings. The molecule has 0 saturated carbocycles. The lowest BCUT2D eigenvalue weighted by Gasteiger charge is -2.09. The van der Waals surface area contributed by atoms with Crippen molar-refractivity contribution in [1.29, 1.82) is 0 Å². The minimum Gasteiger partial charge on any atom is -0.497 e. The number of methoxy groups -OCH3 is 1. The van der Waals surface area contributed by atoms with Gasteiger partial charge in [0, 0.05) is 10.9 Å². The molecular weight excluding hydrogens is 374 g/mol. The Balaban J connectivity index is 1.83. The Morgan fingerprint density at radius 1 is 1.04 bits per heavy atom. The second-order valence-corrected chi connectivity index (χ2v) is 6.89. The number of thiophene rings is 1. The van der Waals surface area contributed by atoms with Crippen LogP contribution in [0.25, 0.3) is 11.1 Å². The van der Waals surface area contributed by atoms with Crippen LogP contribution in [0.5, 0.6) is 5.75 Å². The van der Waals surface area contributed by atoms with Crippen LogP contribution in [-0.4, -0.2) is 25.6 Å². The van der Waals surface area contributed by atoms with E-state index in [1.54, 1.807) is 14.0 Å². The topological polar surface area (TPSA) is 64.6 Å².